The Kier molecular flexibility index (Phi) is 7.68. The normalized spacial score (nSPS) is 13.3. The Morgan fingerprint density at radius 3 is 2.39 bits per heavy atom. The Hall–Kier alpha value is -3.99. The lowest BCUT2D eigenvalue weighted by Crippen LogP contribution is -2.22. The molecule has 1 N–H and O–H groups in total. The average molecular weight is 536 g/mol. The molecular weight excluding hydrogens is 514 g/mol. The molecule has 1 aliphatic heterocycles. The van der Waals surface area contributed by atoms with Crippen molar-refractivity contribution < 1.29 is 40.9 Å². The van der Waals surface area contributed by atoms with Crippen LogP contribution in [0.25, 0.3) is 5.57 Å². The van der Waals surface area contributed by atoms with Gasteiger partial charge in [-0.3, -0.25) is 0 Å². The summed E-state index contributed by atoms with van der Waals surface area (Å²) >= 11 is 0. The summed E-state index contributed by atoms with van der Waals surface area (Å²) in [6, 6.07) is 6.54. The van der Waals surface area contributed by atoms with Crippen LogP contribution in [0.1, 0.15) is 30.0 Å². The molecule has 3 aromatic rings. The highest BCUT2D eigenvalue weighted by atomic mass is 19.4. The first-order chi connectivity index (χ1) is 18.0. The van der Waals surface area contributed by atoms with Crippen molar-refractivity contribution in [2.45, 2.75) is 26.1 Å². The molecule has 1 aliphatic rings. The van der Waals surface area contributed by atoms with Crippen molar-refractivity contribution in [3.05, 3.63) is 95.1 Å². The molecule has 200 valence electrons. The maximum Gasteiger partial charge on any atom is 0.425 e. The van der Waals surface area contributed by atoms with Crippen LogP contribution in [-0.2, 0) is 12.7 Å². The van der Waals surface area contributed by atoms with Crippen LogP contribution in [0.5, 0.6) is 17.4 Å². The quantitative estimate of drug-likeness (QED) is 0.314. The van der Waals surface area contributed by atoms with Gasteiger partial charge >= 0.3 is 6.18 Å². The van der Waals surface area contributed by atoms with E-state index in [0.717, 1.165) is 12.3 Å². The molecule has 2 aromatic carbocycles. The highest BCUT2D eigenvalue weighted by Crippen LogP contribution is 2.45. The zero-order valence-corrected chi connectivity index (χ0v) is 20.1. The Labute approximate surface area is 214 Å². The molecule has 38 heavy (non-hydrogen) atoms. The van der Waals surface area contributed by atoms with Crippen LogP contribution in [0.2, 0.25) is 0 Å². The third-order valence-corrected chi connectivity index (χ3v) is 5.84. The van der Waals surface area contributed by atoms with E-state index in [1.807, 2.05) is 6.92 Å². The van der Waals surface area contributed by atoms with Crippen LogP contribution in [0, 0.1) is 17.5 Å². The summed E-state index contributed by atoms with van der Waals surface area (Å²) in [5, 5.41) is 8.93. The Morgan fingerprint density at radius 1 is 1.05 bits per heavy atom. The van der Waals surface area contributed by atoms with E-state index in [4.69, 9.17) is 14.6 Å². The molecule has 4 rings (SSSR count). The molecule has 0 saturated heterocycles. The molecule has 0 amide bonds. The van der Waals surface area contributed by atoms with Gasteiger partial charge in [0.25, 0.3) is 0 Å². The number of halogens is 6. The van der Waals surface area contributed by atoms with Gasteiger partial charge in [-0.05, 0) is 41.8 Å². The van der Waals surface area contributed by atoms with Crippen molar-refractivity contribution in [2.24, 2.45) is 0 Å². The third kappa shape index (κ3) is 5.47. The van der Waals surface area contributed by atoms with E-state index in [0.29, 0.717) is 41.0 Å². The summed E-state index contributed by atoms with van der Waals surface area (Å²) in [7, 11) is 0. The van der Waals surface area contributed by atoms with Crippen LogP contribution in [0.3, 0.4) is 0 Å². The minimum absolute atomic E-state index is 0.00125. The largest absolute Gasteiger partial charge is 0.490 e. The number of allylic oxidation sites excluding steroid dienone is 2. The highest BCUT2D eigenvalue weighted by molar-refractivity contribution is 5.89. The average Bonchev–Trinajstić information content (AvgIpc) is 2.85. The fraction of sp³-hybridized carbons (Fsp3) is 0.222. The molecule has 0 aliphatic carbocycles. The number of hydrogen-bond acceptors (Lipinski definition) is 5. The van der Waals surface area contributed by atoms with Gasteiger partial charge in [-0.25, -0.2) is 18.2 Å². The van der Waals surface area contributed by atoms with Crippen molar-refractivity contribution in [3.8, 4) is 17.4 Å². The SMILES string of the molecule is C=C1C(CC)=CN(Cc2c(F)cc(F)cc2F)c2ccc(Oc3nccc(OCCO)c3C(F)(F)F)cc21. The Balaban J connectivity index is 1.72. The molecule has 0 spiro atoms. The van der Waals surface area contributed by atoms with E-state index in [-0.39, 0.29) is 24.5 Å². The molecule has 1 aromatic heterocycles. The van der Waals surface area contributed by atoms with Gasteiger partial charge in [0.1, 0.15) is 35.6 Å². The molecule has 0 bridgehead atoms. The summed E-state index contributed by atoms with van der Waals surface area (Å²) in [5.74, 6) is -4.44. The molecule has 11 heteroatoms. The van der Waals surface area contributed by atoms with Crippen LogP contribution < -0.4 is 14.4 Å². The standard InChI is InChI=1S/C27H22F6N2O3/c1-3-16-13-35(14-20-21(29)10-17(28)11-22(20)30)23-5-4-18(12-19(23)15(16)2)38-26-25(27(31,32)33)24(6-7-34-26)37-9-8-36/h4-7,10-13,36H,2-3,8-9,14H2,1H3. The summed E-state index contributed by atoms with van der Waals surface area (Å²) < 4.78 is 94.2. The number of fused-ring (bicyclic) bond motifs is 1. The fourth-order valence-corrected chi connectivity index (χ4v) is 4.06. The number of ether oxygens (including phenoxy) is 2. The van der Waals surface area contributed by atoms with Crippen LogP contribution in [0.15, 0.2) is 60.9 Å². The Bertz CT molecular complexity index is 1380. The second-order valence-electron chi connectivity index (χ2n) is 8.30. The monoisotopic (exact) mass is 536 g/mol. The third-order valence-electron chi connectivity index (χ3n) is 5.84. The predicted molar refractivity (Wildman–Crippen MR) is 128 cm³/mol. The first-order valence-corrected chi connectivity index (χ1v) is 11.5. The number of aliphatic hydroxyl groups is 1. The second kappa shape index (κ2) is 10.8. The number of nitrogens with zero attached hydrogens (tertiary/aromatic N) is 2. The minimum atomic E-state index is -4.87. The number of benzene rings is 2. The van der Waals surface area contributed by atoms with Crippen LogP contribution in [-0.4, -0.2) is 23.3 Å². The molecular formula is C27H22F6N2O3. The number of aromatic nitrogens is 1. The fourth-order valence-electron chi connectivity index (χ4n) is 4.06. The van der Waals surface area contributed by atoms with Crippen LogP contribution in [0.4, 0.5) is 32.0 Å². The zero-order valence-electron chi connectivity index (χ0n) is 20.1. The van der Waals surface area contributed by atoms with Gasteiger partial charge in [0.15, 0.2) is 5.56 Å². The van der Waals surface area contributed by atoms with Gasteiger partial charge in [-0.1, -0.05) is 13.5 Å². The van der Waals surface area contributed by atoms with Crippen molar-refractivity contribution in [1.82, 2.24) is 4.98 Å². The molecule has 5 nitrogen and oxygen atoms in total. The number of hydrogen-bond donors (Lipinski definition) is 1. The minimum Gasteiger partial charge on any atom is -0.490 e. The van der Waals surface area contributed by atoms with Crippen molar-refractivity contribution in [1.29, 1.82) is 0 Å². The highest BCUT2D eigenvalue weighted by Gasteiger charge is 2.39. The molecule has 0 atom stereocenters. The number of rotatable bonds is 8. The lowest BCUT2D eigenvalue weighted by Gasteiger charge is -2.31. The van der Waals surface area contributed by atoms with E-state index in [2.05, 4.69) is 11.6 Å². The van der Waals surface area contributed by atoms with Crippen molar-refractivity contribution >= 4 is 11.3 Å². The van der Waals surface area contributed by atoms with E-state index in [1.54, 1.807) is 11.1 Å². The summed E-state index contributed by atoms with van der Waals surface area (Å²) in [5.41, 5.74) is 0.593. The number of anilines is 1. The van der Waals surface area contributed by atoms with Gasteiger partial charge in [0, 0.05) is 41.3 Å². The van der Waals surface area contributed by atoms with Gasteiger partial charge in [-0.15, -0.1) is 0 Å². The number of alkyl halides is 3. The maximum absolute atomic E-state index is 14.4. The van der Waals surface area contributed by atoms with Crippen molar-refractivity contribution in [3.63, 3.8) is 0 Å². The van der Waals surface area contributed by atoms with E-state index >= 15 is 0 Å². The predicted octanol–water partition coefficient (Wildman–Crippen LogP) is 7.01. The van der Waals surface area contributed by atoms with Crippen LogP contribution >= 0.6 is 0 Å². The number of pyridine rings is 1. The van der Waals surface area contributed by atoms with Crippen molar-refractivity contribution in [2.75, 3.05) is 18.1 Å². The molecule has 0 unspecified atom stereocenters. The van der Waals surface area contributed by atoms with Gasteiger partial charge < -0.3 is 19.5 Å². The lowest BCUT2D eigenvalue weighted by molar-refractivity contribution is -0.140. The summed E-state index contributed by atoms with van der Waals surface area (Å²) in [6.45, 7) is 4.79. The molecule has 0 saturated carbocycles. The lowest BCUT2D eigenvalue weighted by atomic mass is 9.92. The van der Waals surface area contributed by atoms with Gasteiger partial charge in [-0.2, -0.15) is 13.2 Å². The van der Waals surface area contributed by atoms with Gasteiger partial charge in [0.2, 0.25) is 5.88 Å². The van der Waals surface area contributed by atoms with E-state index < -0.39 is 47.4 Å². The van der Waals surface area contributed by atoms with Gasteiger partial charge in [0.05, 0.1) is 13.2 Å². The topological polar surface area (TPSA) is 54.8 Å². The molecule has 2 heterocycles. The summed E-state index contributed by atoms with van der Waals surface area (Å²) in [6.07, 6.45) is -1.62. The second-order valence-corrected chi connectivity index (χ2v) is 8.30. The number of aliphatic hydroxyl groups excluding tert-OH is 1. The summed E-state index contributed by atoms with van der Waals surface area (Å²) in [4.78, 5) is 5.28. The molecule has 0 radical (unpaired) electrons. The Morgan fingerprint density at radius 2 is 1.76 bits per heavy atom. The van der Waals surface area contributed by atoms with E-state index in [9.17, 15) is 26.3 Å². The first kappa shape index (κ1) is 27.1. The smallest absolute Gasteiger partial charge is 0.425 e. The maximum atomic E-state index is 14.4. The first-order valence-electron chi connectivity index (χ1n) is 11.5. The zero-order chi connectivity index (χ0) is 27.6. The van der Waals surface area contributed by atoms with E-state index in [1.165, 1.54) is 18.2 Å². The molecule has 0 fully saturated rings.